The summed E-state index contributed by atoms with van der Waals surface area (Å²) in [4.78, 5) is 18.4. The molecule has 0 aromatic rings. The molecule has 7 unspecified atom stereocenters. The highest BCUT2D eigenvalue weighted by molar-refractivity contribution is 5.82. The molecule has 2 aliphatic heterocycles. The van der Waals surface area contributed by atoms with Crippen molar-refractivity contribution in [3.05, 3.63) is 0 Å². The van der Waals surface area contributed by atoms with Crippen LogP contribution in [0.4, 0.5) is 4.39 Å². The van der Waals surface area contributed by atoms with Crippen molar-refractivity contribution in [3.8, 4) is 6.07 Å². The Labute approximate surface area is 172 Å². The number of nitrogens with zero attached hydrogens (tertiary/aromatic N) is 2. The molecule has 1 amide bonds. The van der Waals surface area contributed by atoms with Crippen molar-refractivity contribution < 1.29 is 14.0 Å². The van der Waals surface area contributed by atoms with Crippen LogP contribution < -0.4 is 16.2 Å². The van der Waals surface area contributed by atoms with E-state index >= 15 is 0 Å². The van der Waals surface area contributed by atoms with Crippen LogP contribution in [0.1, 0.15) is 57.8 Å². The van der Waals surface area contributed by atoms with Crippen LogP contribution in [-0.4, -0.2) is 54.9 Å². The van der Waals surface area contributed by atoms with Crippen molar-refractivity contribution in [1.82, 2.24) is 21.2 Å². The van der Waals surface area contributed by atoms with Gasteiger partial charge in [-0.3, -0.25) is 15.1 Å². The summed E-state index contributed by atoms with van der Waals surface area (Å²) >= 11 is 0. The fourth-order valence-corrected chi connectivity index (χ4v) is 5.56. The minimum absolute atomic E-state index is 0.0352. The number of nitrogens with one attached hydrogen (secondary N) is 3. The lowest BCUT2D eigenvalue weighted by molar-refractivity contribution is -0.125. The number of hydroxylamine groups is 1. The van der Waals surface area contributed by atoms with Crippen LogP contribution in [0.5, 0.6) is 0 Å². The second kappa shape index (κ2) is 9.69. The van der Waals surface area contributed by atoms with Crippen molar-refractivity contribution in [2.75, 3.05) is 19.6 Å². The lowest BCUT2D eigenvalue weighted by Gasteiger charge is -2.30. The highest BCUT2D eigenvalue weighted by Crippen LogP contribution is 2.36. The Morgan fingerprint density at radius 3 is 2.90 bits per heavy atom. The van der Waals surface area contributed by atoms with Crippen molar-refractivity contribution in [2.24, 2.45) is 17.8 Å². The molecule has 2 saturated heterocycles. The van der Waals surface area contributed by atoms with Crippen LogP contribution in [-0.2, 0) is 9.63 Å². The number of halogens is 1. The first kappa shape index (κ1) is 21.0. The number of hydrogen-bond donors (Lipinski definition) is 3. The average molecular weight is 408 g/mol. The molecular formula is C21H34FN5O2. The minimum atomic E-state index is -0.655. The molecule has 0 aromatic carbocycles. The van der Waals surface area contributed by atoms with Gasteiger partial charge in [-0.25, -0.2) is 9.40 Å². The van der Waals surface area contributed by atoms with Gasteiger partial charge in [-0.05, 0) is 38.0 Å². The largest absolute Gasteiger partial charge is 0.349 e. The van der Waals surface area contributed by atoms with Gasteiger partial charge in [0.25, 0.3) is 0 Å². The normalized spacial score (nSPS) is 41.2. The molecule has 4 fully saturated rings. The van der Waals surface area contributed by atoms with E-state index in [0.29, 0.717) is 31.7 Å². The quantitative estimate of drug-likeness (QED) is 0.644. The molecule has 2 aliphatic carbocycles. The summed E-state index contributed by atoms with van der Waals surface area (Å²) < 4.78 is 13.6. The zero-order valence-corrected chi connectivity index (χ0v) is 17.1. The number of nitriles is 1. The summed E-state index contributed by atoms with van der Waals surface area (Å²) in [7, 11) is 0. The number of alkyl halides is 1. The van der Waals surface area contributed by atoms with Gasteiger partial charge < -0.3 is 5.32 Å². The minimum Gasteiger partial charge on any atom is -0.349 e. The highest BCUT2D eigenvalue weighted by atomic mass is 19.1. The van der Waals surface area contributed by atoms with Gasteiger partial charge in [0.05, 0.1) is 24.1 Å². The van der Waals surface area contributed by atoms with Crippen LogP contribution in [0.3, 0.4) is 0 Å². The topological polar surface area (TPSA) is 89.4 Å². The molecule has 3 N–H and O–H groups in total. The fourth-order valence-electron chi connectivity index (χ4n) is 5.56. The Morgan fingerprint density at radius 2 is 2.07 bits per heavy atom. The average Bonchev–Trinajstić information content (AvgIpc) is 3.38. The van der Waals surface area contributed by atoms with E-state index in [9.17, 15) is 14.4 Å². The summed E-state index contributed by atoms with van der Waals surface area (Å²) in [6, 6.07) is 2.12. The number of amides is 1. The third-order valence-electron chi connectivity index (χ3n) is 7.15. The SMILES string of the molecule is N#CC1CCCCC1C1CC(C(=O)NC2CNN(CC3CCCC(F)C3)C2)NO1. The van der Waals surface area contributed by atoms with E-state index in [-0.39, 0.29) is 35.9 Å². The van der Waals surface area contributed by atoms with Gasteiger partial charge in [-0.1, -0.05) is 19.3 Å². The van der Waals surface area contributed by atoms with Crippen LogP contribution in [0.2, 0.25) is 0 Å². The number of carbonyl (C=O) groups excluding carboxylic acids is 1. The Bertz CT molecular complexity index is 614. The molecule has 2 heterocycles. The van der Waals surface area contributed by atoms with Gasteiger partial charge in [0, 0.05) is 32.0 Å². The predicted octanol–water partition coefficient (Wildman–Crippen LogP) is 1.81. The molecule has 7 atom stereocenters. The highest BCUT2D eigenvalue weighted by Gasteiger charge is 2.40. The van der Waals surface area contributed by atoms with E-state index in [0.717, 1.165) is 51.6 Å². The molecule has 29 heavy (non-hydrogen) atoms. The van der Waals surface area contributed by atoms with Crippen LogP contribution in [0, 0.1) is 29.1 Å². The Hall–Kier alpha value is -1.27. The summed E-state index contributed by atoms with van der Waals surface area (Å²) in [6.45, 7) is 2.29. The maximum atomic E-state index is 13.6. The van der Waals surface area contributed by atoms with E-state index in [1.165, 1.54) is 0 Å². The molecule has 4 aliphatic rings. The molecule has 7 nitrogen and oxygen atoms in total. The van der Waals surface area contributed by atoms with E-state index in [1.807, 2.05) is 0 Å². The molecule has 8 heteroatoms. The van der Waals surface area contributed by atoms with E-state index in [2.05, 4.69) is 27.3 Å². The zero-order valence-electron chi connectivity index (χ0n) is 17.1. The number of hydrazine groups is 1. The summed E-state index contributed by atoms with van der Waals surface area (Å²) in [6.07, 6.45) is 7.51. The molecular weight excluding hydrogens is 373 g/mol. The first-order chi connectivity index (χ1) is 14.1. The van der Waals surface area contributed by atoms with Gasteiger partial charge in [0.2, 0.25) is 5.91 Å². The second-order valence-corrected chi connectivity index (χ2v) is 9.35. The van der Waals surface area contributed by atoms with Crippen molar-refractivity contribution in [1.29, 1.82) is 5.26 Å². The van der Waals surface area contributed by atoms with Gasteiger partial charge in [-0.15, -0.1) is 0 Å². The summed E-state index contributed by atoms with van der Waals surface area (Å²) in [5.41, 5.74) is 6.25. The van der Waals surface area contributed by atoms with E-state index < -0.39 is 6.17 Å². The maximum Gasteiger partial charge on any atom is 0.239 e. The van der Waals surface area contributed by atoms with Crippen LogP contribution in [0.25, 0.3) is 0 Å². The van der Waals surface area contributed by atoms with Crippen LogP contribution in [0.15, 0.2) is 0 Å². The maximum absolute atomic E-state index is 13.6. The van der Waals surface area contributed by atoms with Crippen molar-refractivity contribution >= 4 is 5.91 Å². The lowest BCUT2D eigenvalue weighted by atomic mass is 9.76. The van der Waals surface area contributed by atoms with Gasteiger partial charge in [0.1, 0.15) is 12.2 Å². The molecule has 2 saturated carbocycles. The van der Waals surface area contributed by atoms with Crippen LogP contribution >= 0.6 is 0 Å². The number of carbonyl (C=O) groups is 1. The number of hydrogen-bond acceptors (Lipinski definition) is 6. The van der Waals surface area contributed by atoms with E-state index in [4.69, 9.17) is 4.84 Å². The summed E-state index contributed by atoms with van der Waals surface area (Å²) in [5, 5.41) is 14.7. The van der Waals surface area contributed by atoms with Gasteiger partial charge >= 0.3 is 0 Å². The van der Waals surface area contributed by atoms with Crippen molar-refractivity contribution in [2.45, 2.75) is 82.1 Å². The Morgan fingerprint density at radius 1 is 1.21 bits per heavy atom. The van der Waals surface area contributed by atoms with Gasteiger partial charge in [0.15, 0.2) is 0 Å². The second-order valence-electron chi connectivity index (χ2n) is 9.35. The molecule has 0 bridgehead atoms. The third-order valence-corrected chi connectivity index (χ3v) is 7.15. The van der Waals surface area contributed by atoms with E-state index in [1.54, 1.807) is 0 Å². The zero-order chi connectivity index (χ0) is 20.2. The first-order valence-electron chi connectivity index (χ1n) is 11.4. The fraction of sp³-hybridized carbons (Fsp3) is 0.905. The lowest BCUT2D eigenvalue weighted by Crippen LogP contribution is -2.47. The Kier molecular flexibility index (Phi) is 7.01. The molecule has 162 valence electrons. The Balaban J connectivity index is 1.20. The smallest absolute Gasteiger partial charge is 0.239 e. The predicted molar refractivity (Wildman–Crippen MR) is 106 cm³/mol. The standard InChI is InChI=1S/C21H34FN5O2/c22-16-6-3-4-14(8-16)12-27-13-17(11-24-27)25-21(28)19-9-20(29-26-19)18-7-2-1-5-15(18)10-23/h14-20,24,26H,1-9,11-13H2,(H,25,28). The molecule has 4 rings (SSSR count). The first-order valence-corrected chi connectivity index (χ1v) is 11.4. The molecule has 0 spiro atoms. The summed E-state index contributed by atoms with van der Waals surface area (Å²) in [5.74, 6) is 0.619. The third kappa shape index (κ3) is 5.26. The monoisotopic (exact) mass is 407 g/mol. The number of rotatable bonds is 5. The molecule has 0 radical (unpaired) electrons. The van der Waals surface area contributed by atoms with Gasteiger partial charge in [-0.2, -0.15) is 10.7 Å². The molecule has 0 aromatic heterocycles. The van der Waals surface area contributed by atoms with Crippen molar-refractivity contribution in [3.63, 3.8) is 0 Å².